The van der Waals surface area contributed by atoms with E-state index in [1.165, 1.54) is 24.9 Å². The van der Waals surface area contributed by atoms with Gasteiger partial charge in [0.2, 0.25) is 5.91 Å². The largest absolute Gasteiger partial charge is 0.397 e. The summed E-state index contributed by atoms with van der Waals surface area (Å²) >= 11 is 0. The van der Waals surface area contributed by atoms with Crippen LogP contribution in [0.15, 0.2) is 12.1 Å². The summed E-state index contributed by atoms with van der Waals surface area (Å²) < 4.78 is 0. The van der Waals surface area contributed by atoms with E-state index >= 15 is 0 Å². The maximum absolute atomic E-state index is 11.5. The van der Waals surface area contributed by atoms with Crippen molar-refractivity contribution in [1.82, 2.24) is 4.90 Å². The van der Waals surface area contributed by atoms with Gasteiger partial charge in [-0.2, -0.15) is 0 Å². The third-order valence-electron chi connectivity index (χ3n) is 5.08. The lowest BCUT2D eigenvalue weighted by Gasteiger charge is -2.39. The molecule has 1 atom stereocenters. The summed E-state index contributed by atoms with van der Waals surface area (Å²) in [5.41, 5.74) is 10.3. The lowest BCUT2D eigenvalue weighted by molar-refractivity contribution is -0.116. The van der Waals surface area contributed by atoms with E-state index in [1.54, 1.807) is 0 Å². The molecule has 0 radical (unpaired) electrons. The number of benzene rings is 1. The quantitative estimate of drug-likeness (QED) is 0.767. The molecule has 5 heteroatoms. The Kier molecular flexibility index (Phi) is 3.03. The molecule has 0 spiro atoms. The minimum Gasteiger partial charge on any atom is -0.397 e. The number of rotatable bonds is 1. The zero-order chi connectivity index (χ0) is 14.4. The molecule has 3 N–H and O–H groups in total. The van der Waals surface area contributed by atoms with Crippen LogP contribution in [-0.4, -0.2) is 43.0 Å². The van der Waals surface area contributed by atoms with Crippen molar-refractivity contribution >= 4 is 23.0 Å². The van der Waals surface area contributed by atoms with Crippen LogP contribution >= 0.6 is 0 Å². The molecule has 1 aromatic carbocycles. The highest BCUT2D eigenvalue weighted by Gasteiger charge is 2.31. The fourth-order valence-corrected chi connectivity index (χ4v) is 3.92. The SMILES string of the molecule is Nc1cc2c(cc1N1CCN3CCCC3C1)CCC(=O)N2. The second kappa shape index (κ2) is 4.91. The van der Waals surface area contributed by atoms with Gasteiger partial charge in [-0.25, -0.2) is 0 Å². The van der Waals surface area contributed by atoms with Gasteiger partial charge in [0.05, 0.1) is 11.4 Å². The van der Waals surface area contributed by atoms with E-state index in [4.69, 9.17) is 5.73 Å². The average Bonchev–Trinajstić information content (AvgIpc) is 2.93. The van der Waals surface area contributed by atoms with E-state index in [1.807, 2.05) is 6.07 Å². The van der Waals surface area contributed by atoms with Crippen LogP contribution < -0.4 is 16.0 Å². The van der Waals surface area contributed by atoms with E-state index in [-0.39, 0.29) is 5.91 Å². The van der Waals surface area contributed by atoms with Crippen LogP contribution in [0.3, 0.4) is 0 Å². The maximum Gasteiger partial charge on any atom is 0.224 e. The van der Waals surface area contributed by atoms with E-state index in [0.29, 0.717) is 12.5 Å². The van der Waals surface area contributed by atoms with Crippen molar-refractivity contribution in [2.24, 2.45) is 0 Å². The highest BCUT2D eigenvalue weighted by molar-refractivity contribution is 5.95. The van der Waals surface area contributed by atoms with Gasteiger partial charge in [0.1, 0.15) is 0 Å². The predicted octanol–water partition coefficient (Wildman–Crippen LogP) is 1.44. The number of piperazine rings is 1. The number of carbonyl (C=O) groups excluding carboxylic acids is 1. The van der Waals surface area contributed by atoms with Gasteiger partial charge < -0.3 is 16.0 Å². The van der Waals surface area contributed by atoms with Crippen LogP contribution in [0, 0.1) is 0 Å². The van der Waals surface area contributed by atoms with Crippen LogP contribution in [0.5, 0.6) is 0 Å². The van der Waals surface area contributed by atoms with Crippen molar-refractivity contribution in [3.05, 3.63) is 17.7 Å². The van der Waals surface area contributed by atoms with E-state index < -0.39 is 0 Å². The second-order valence-electron chi connectivity index (χ2n) is 6.39. The van der Waals surface area contributed by atoms with Crippen molar-refractivity contribution < 1.29 is 4.79 Å². The molecule has 3 heterocycles. The van der Waals surface area contributed by atoms with Gasteiger partial charge in [0.15, 0.2) is 0 Å². The number of hydrogen-bond acceptors (Lipinski definition) is 4. The number of nitrogens with zero attached hydrogens (tertiary/aromatic N) is 2. The zero-order valence-corrected chi connectivity index (χ0v) is 12.3. The fourth-order valence-electron chi connectivity index (χ4n) is 3.92. The van der Waals surface area contributed by atoms with Crippen molar-refractivity contribution in [1.29, 1.82) is 0 Å². The zero-order valence-electron chi connectivity index (χ0n) is 12.3. The molecule has 3 aliphatic rings. The highest BCUT2D eigenvalue weighted by Crippen LogP contribution is 2.35. The Bertz CT molecular complexity index is 586. The smallest absolute Gasteiger partial charge is 0.224 e. The molecule has 0 aromatic heterocycles. The Hall–Kier alpha value is -1.75. The summed E-state index contributed by atoms with van der Waals surface area (Å²) in [6, 6.07) is 4.81. The Balaban J connectivity index is 1.61. The summed E-state index contributed by atoms with van der Waals surface area (Å²) in [4.78, 5) is 16.5. The number of carbonyl (C=O) groups is 1. The molecular formula is C16H22N4O. The molecule has 0 aliphatic carbocycles. The molecule has 0 bridgehead atoms. The number of hydrogen-bond donors (Lipinski definition) is 2. The van der Waals surface area contributed by atoms with E-state index in [2.05, 4.69) is 21.2 Å². The Morgan fingerprint density at radius 1 is 1.19 bits per heavy atom. The van der Waals surface area contributed by atoms with Gasteiger partial charge in [0, 0.05) is 37.8 Å². The number of aryl methyl sites for hydroxylation is 1. The normalized spacial score (nSPS) is 25.4. The first kappa shape index (κ1) is 13.0. The first-order valence-corrected chi connectivity index (χ1v) is 7.92. The van der Waals surface area contributed by atoms with Crippen molar-refractivity contribution in [3.63, 3.8) is 0 Å². The van der Waals surface area contributed by atoms with Crippen LogP contribution in [0.2, 0.25) is 0 Å². The summed E-state index contributed by atoms with van der Waals surface area (Å²) in [6.07, 6.45) is 4.02. The summed E-state index contributed by atoms with van der Waals surface area (Å²) in [5, 5.41) is 2.92. The minimum absolute atomic E-state index is 0.0919. The standard InChI is InChI=1S/C16H22N4O/c17-13-9-14-11(3-4-16(21)18-14)8-15(13)20-7-6-19-5-1-2-12(19)10-20/h8-9,12H,1-7,10,17H2,(H,18,21). The van der Waals surface area contributed by atoms with Crippen LogP contribution in [0.25, 0.3) is 0 Å². The molecule has 1 amide bonds. The first-order chi connectivity index (χ1) is 10.2. The van der Waals surface area contributed by atoms with Gasteiger partial charge in [0.25, 0.3) is 0 Å². The molecule has 1 unspecified atom stereocenters. The topological polar surface area (TPSA) is 61.6 Å². The molecule has 3 aliphatic heterocycles. The van der Waals surface area contributed by atoms with Gasteiger partial charge in [-0.15, -0.1) is 0 Å². The van der Waals surface area contributed by atoms with E-state index in [9.17, 15) is 4.79 Å². The van der Waals surface area contributed by atoms with Gasteiger partial charge in [-0.05, 0) is 43.5 Å². The Morgan fingerprint density at radius 3 is 3.00 bits per heavy atom. The Labute approximate surface area is 125 Å². The van der Waals surface area contributed by atoms with Crippen LogP contribution in [0.1, 0.15) is 24.8 Å². The lowest BCUT2D eigenvalue weighted by Crippen LogP contribution is -2.50. The average molecular weight is 286 g/mol. The molecular weight excluding hydrogens is 264 g/mol. The monoisotopic (exact) mass is 286 g/mol. The molecule has 112 valence electrons. The van der Waals surface area contributed by atoms with Crippen molar-refractivity contribution in [3.8, 4) is 0 Å². The maximum atomic E-state index is 11.5. The van der Waals surface area contributed by atoms with E-state index in [0.717, 1.165) is 43.1 Å². The molecule has 1 aromatic rings. The van der Waals surface area contributed by atoms with Crippen molar-refractivity contribution in [2.75, 3.05) is 42.1 Å². The van der Waals surface area contributed by atoms with Crippen LogP contribution in [0.4, 0.5) is 17.1 Å². The first-order valence-electron chi connectivity index (χ1n) is 7.92. The molecule has 21 heavy (non-hydrogen) atoms. The highest BCUT2D eigenvalue weighted by atomic mass is 16.1. The lowest BCUT2D eigenvalue weighted by atomic mass is 10.0. The second-order valence-corrected chi connectivity index (χ2v) is 6.39. The third kappa shape index (κ3) is 2.25. The van der Waals surface area contributed by atoms with Crippen molar-refractivity contribution in [2.45, 2.75) is 31.7 Å². The Morgan fingerprint density at radius 2 is 2.10 bits per heavy atom. The number of nitrogen functional groups attached to an aromatic ring is 1. The van der Waals surface area contributed by atoms with Gasteiger partial charge in [-0.1, -0.05) is 0 Å². The molecule has 2 saturated heterocycles. The summed E-state index contributed by atoms with van der Waals surface area (Å²) in [7, 11) is 0. The molecule has 5 nitrogen and oxygen atoms in total. The van der Waals surface area contributed by atoms with Gasteiger partial charge in [-0.3, -0.25) is 9.69 Å². The summed E-state index contributed by atoms with van der Waals surface area (Å²) in [6.45, 7) is 4.52. The summed E-state index contributed by atoms with van der Waals surface area (Å²) in [5.74, 6) is 0.0919. The molecule has 4 rings (SSSR count). The van der Waals surface area contributed by atoms with Gasteiger partial charge >= 0.3 is 0 Å². The number of anilines is 3. The molecule has 2 fully saturated rings. The van der Waals surface area contributed by atoms with Crippen LogP contribution in [-0.2, 0) is 11.2 Å². The third-order valence-corrected chi connectivity index (χ3v) is 5.08. The number of nitrogens with one attached hydrogen (secondary N) is 1. The number of nitrogens with two attached hydrogens (primary N) is 1. The fraction of sp³-hybridized carbons (Fsp3) is 0.562. The number of fused-ring (bicyclic) bond motifs is 2. The molecule has 0 saturated carbocycles. The predicted molar refractivity (Wildman–Crippen MR) is 84.6 cm³/mol. The minimum atomic E-state index is 0.0919. The number of amides is 1.